The number of nitrogens with zero attached hydrogens (tertiary/aromatic N) is 2. The molecule has 154 valence electrons. The van der Waals surface area contributed by atoms with Crippen molar-refractivity contribution in [1.29, 1.82) is 5.53 Å². The van der Waals surface area contributed by atoms with Crippen LogP contribution in [0.1, 0.15) is 0 Å². The molecule has 5 N–H and O–H groups in total. The minimum absolute atomic E-state index is 0.315. The normalized spacial score (nSPS) is 28.1. The third-order valence-electron chi connectivity index (χ3n) is 4.13. The van der Waals surface area contributed by atoms with Gasteiger partial charge in [-0.15, -0.1) is 5.11 Å². The quantitative estimate of drug-likeness (QED) is 0.311. The number of aliphatic hydroxyl groups is 3. The summed E-state index contributed by atoms with van der Waals surface area (Å²) >= 11 is 13.0. The van der Waals surface area contributed by atoms with E-state index in [-0.39, 0.29) is 0 Å². The number of carbonyl (C=O) groups is 1. The highest BCUT2D eigenvalue weighted by molar-refractivity contribution is 7.99. The summed E-state index contributed by atoms with van der Waals surface area (Å²) in [5.74, 6) is -1.43. The minimum atomic E-state index is -1.43. The van der Waals surface area contributed by atoms with Crippen LogP contribution < -0.4 is 0 Å². The van der Waals surface area contributed by atoms with E-state index in [1.807, 2.05) is 0 Å². The van der Waals surface area contributed by atoms with Crippen molar-refractivity contribution in [2.24, 2.45) is 5.11 Å². The Labute approximate surface area is 175 Å². The van der Waals surface area contributed by atoms with Gasteiger partial charge in [0.2, 0.25) is 0 Å². The smallest absolute Gasteiger partial charge is 0.357 e. The number of ether oxygens (including phenoxy) is 1. The van der Waals surface area contributed by atoms with Gasteiger partial charge in [0.15, 0.2) is 5.70 Å². The number of benzene rings is 1. The third kappa shape index (κ3) is 5.15. The lowest BCUT2D eigenvalue weighted by Crippen LogP contribution is -2.62. The van der Waals surface area contributed by atoms with Crippen LogP contribution in [-0.4, -0.2) is 74.7 Å². The van der Waals surface area contributed by atoms with Crippen molar-refractivity contribution in [3.63, 3.8) is 0 Å². The van der Waals surface area contributed by atoms with Crippen molar-refractivity contribution in [2.45, 2.75) is 34.7 Å². The molecular weight excluding hydrogens is 433 g/mol. The highest BCUT2D eigenvalue weighted by atomic mass is 35.5. The monoisotopic (exact) mass is 451 g/mol. The predicted octanol–water partition coefficient (Wildman–Crippen LogP) is 1.78. The van der Waals surface area contributed by atoms with Crippen molar-refractivity contribution in [2.75, 3.05) is 13.7 Å². The molecular formula is C16H19Cl2N3O6S. The van der Waals surface area contributed by atoms with E-state index < -0.39 is 48.1 Å². The van der Waals surface area contributed by atoms with Gasteiger partial charge in [0.05, 0.1) is 22.7 Å². The molecule has 0 saturated carbocycles. The summed E-state index contributed by atoms with van der Waals surface area (Å²) in [6.07, 6.45) is -2.61. The number of nitrogens with one attached hydrogen (secondary N) is 1. The van der Waals surface area contributed by atoms with Crippen LogP contribution >= 0.6 is 35.0 Å². The summed E-state index contributed by atoms with van der Waals surface area (Å²) in [5, 5.41) is 43.4. The molecule has 0 spiro atoms. The maximum atomic E-state index is 11.1. The molecule has 5 atom stereocenters. The van der Waals surface area contributed by atoms with Crippen molar-refractivity contribution >= 4 is 40.9 Å². The van der Waals surface area contributed by atoms with E-state index in [1.54, 1.807) is 18.2 Å². The molecule has 1 aliphatic rings. The Bertz CT molecular complexity index is 768. The average molecular weight is 452 g/mol. The van der Waals surface area contributed by atoms with Crippen LogP contribution in [0.2, 0.25) is 10.0 Å². The molecule has 0 aromatic heterocycles. The first-order valence-electron chi connectivity index (χ1n) is 7.98. The zero-order valence-electron chi connectivity index (χ0n) is 14.6. The Kier molecular flexibility index (Phi) is 8.07. The number of carboxylic acid groups (broad SMARTS) is 1. The van der Waals surface area contributed by atoms with Gasteiger partial charge in [-0.1, -0.05) is 35.0 Å². The van der Waals surface area contributed by atoms with E-state index >= 15 is 0 Å². The summed E-state index contributed by atoms with van der Waals surface area (Å²) < 4.78 is 5.61. The van der Waals surface area contributed by atoms with Crippen LogP contribution in [0, 0.1) is 5.53 Å². The van der Waals surface area contributed by atoms with Crippen LogP contribution in [-0.2, 0) is 9.53 Å². The van der Waals surface area contributed by atoms with Gasteiger partial charge in [0.25, 0.3) is 0 Å². The molecule has 0 bridgehead atoms. The molecule has 28 heavy (non-hydrogen) atoms. The Morgan fingerprint density at radius 2 is 2.04 bits per heavy atom. The molecule has 1 aromatic rings. The van der Waals surface area contributed by atoms with Crippen molar-refractivity contribution in [3.05, 3.63) is 40.1 Å². The van der Waals surface area contributed by atoms with E-state index in [0.29, 0.717) is 14.9 Å². The maximum absolute atomic E-state index is 11.1. The minimum Gasteiger partial charge on any atom is -0.476 e. The molecule has 0 radical (unpaired) electrons. The number of halogens is 2. The number of aliphatic carboxylic acids is 1. The molecule has 0 aliphatic carbocycles. The fraction of sp³-hybridized carbons (Fsp3) is 0.438. The Morgan fingerprint density at radius 1 is 1.36 bits per heavy atom. The first-order valence-corrected chi connectivity index (χ1v) is 9.61. The first-order chi connectivity index (χ1) is 13.2. The predicted molar refractivity (Wildman–Crippen MR) is 102 cm³/mol. The molecule has 1 aliphatic heterocycles. The van der Waals surface area contributed by atoms with Gasteiger partial charge in [-0.05, 0) is 18.2 Å². The second-order valence-electron chi connectivity index (χ2n) is 5.99. The Morgan fingerprint density at radius 3 is 2.57 bits per heavy atom. The number of rotatable bonds is 7. The third-order valence-corrected chi connectivity index (χ3v) is 6.01. The van der Waals surface area contributed by atoms with Crippen molar-refractivity contribution in [3.8, 4) is 0 Å². The van der Waals surface area contributed by atoms with Crippen LogP contribution in [0.15, 0.2) is 40.1 Å². The molecule has 1 fully saturated rings. The second kappa shape index (κ2) is 9.88. The number of thioether (sulfide) groups is 1. The zero-order valence-corrected chi connectivity index (χ0v) is 16.9. The molecule has 1 saturated heterocycles. The lowest BCUT2D eigenvalue weighted by molar-refractivity contribution is -0.181. The van der Waals surface area contributed by atoms with Gasteiger partial charge in [0.1, 0.15) is 23.7 Å². The van der Waals surface area contributed by atoms with Crippen LogP contribution in [0.3, 0.4) is 0 Å². The van der Waals surface area contributed by atoms with E-state index in [0.717, 1.165) is 18.0 Å². The maximum Gasteiger partial charge on any atom is 0.357 e. The van der Waals surface area contributed by atoms with E-state index in [4.69, 9.17) is 38.6 Å². The number of hydrogen-bond acceptors (Lipinski definition) is 9. The lowest BCUT2D eigenvalue weighted by atomic mass is 9.96. The number of carboxylic acids is 1. The van der Waals surface area contributed by atoms with E-state index in [1.165, 1.54) is 11.9 Å². The SMILES string of the molecule is CN(/C=C(\N=N)C(=O)O)C1C(O)[C@@H](Sc2ccc(Cl)c(Cl)c2)OC(CO)[C@@H]1O. The number of likely N-dealkylation sites (N-methyl/N-ethyl adjacent to an activating group) is 1. The van der Waals surface area contributed by atoms with E-state index in [2.05, 4.69) is 5.11 Å². The fourth-order valence-electron chi connectivity index (χ4n) is 2.74. The molecule has 12 heteroatoms. The summed E-state index contributed by atoms with van der Waals surface area (Å²) in [6, 6.07) is 3.82. The lowest BCUT2D eigenvalue weighted by Gasteiger charge is -2.45. The fourth-order valence-corrected chi connectivity index (χ4v) is 4.20. The molecule has 9 nitrogen and oxygen atoms in total. The number of aliphatic hydroxyl groups excluding tert-OH is 3. The molecule has 3 unspecified atom stereocenters. The van der Waals surface area contributed by atoms with Gasteiger partial charge < -0.3 is 30.1 Å². The summed E-state index contributed by atoms with van der Waals surface area (Å²) in [7, 11) is 1.42. The highest BCUT2D eigenvalue weighted by Crippen LogP contribution is 2.37. The highest BCUT2D eigenvalue weighted by Gasteiger charge is 2.46. The summed E-state index contributed by atoms with van der Waals surface area (Å²) in [6.45, 7) is -0.519. The van der Waals surface area contributed by atoms with E-state index in [9.17, 15) is 20.1 Å². The Hall–Kier alpha value is -1.40. The van der Waals surface area contributed by atoms with Crippen LogP contribution in [0.5, 0.6) is 0 Å². The molecule has 1 heterocycles. The Balaban J connectivity index is 2.30. The summed E-state index contributed by atoms with van der Waals surface area (Å²) in [5.41, 5.74) is 5.45. The molecule has 2 rings (SSSR count). The van der Waals surface area contributed by atoms with Gasteiger partial charge in [0, 0.05) is 18.1 Å². The summed E-state index contributed by atoms with van der Waals surface area (Å²) in [4.78, 5) is 12.9. The van der Waals surface area contributed by atoms with Crippen molar-refractivity contribution in [1.82, 2.24) is 4.90 Å². The van der Waals surface area contributed by atoms with Crippen LogP contribution in [0.4, 0.5) is 0 Å². The topological polar surface area (TPSA) is 147 Å². The zero-order chi connectivity index (χ0) is 21.0. The van der Waals surface area contributed by atoms with Gasteiger partial charge in [-0.3, -0.25) is 0 Å². The van der Waals surface area contributed by atoms with Gasteiger partial charge in [-0.25, -0.2) is 10.3 Å². The molecule has 1 aromatic carbocycles. The molecule has 0 amide bonds. The van der Waals surface area contributed by atoms with Gasteiger partial charge in [-0.2, -0.15) is 0 Å². The average Bonchev–Trinajstić information content (AvgIpc) is 2.64. The number of hydrogen-bond donors (Lipinski definition) is 5. The second-order valence-corrected chi connectivity index (χ2v) is 7.97. The largest absolute Gasteiger partial charge is 0.476 e. The first kappa shape index (κ1) is 22.9. The standard InChI is InChI=1S/C16H19Cl2N3O6S/c1-21(5-10(20-19)15(25)26)12-13(23)11(6-22)27-16(14(12)24)28-7-2-3-8(17)9(18)4-7/h2-5,11-14,16,19,22-24H,6H2,1H3,(H,25,26)/b10-5-,20-19?/t11?,12?,13-,14?,16+/m0/s1. The van der Waals surface area contributed by atoms with Crippen molar-refractivity contribution < 1.29 is 30.0 Å². The van der Waals surface area contributed by atoms with Crippen LogP contribution in [0.25, 0.3) is 0 Å². The van der Waals surface area contributed by atoms with Gasteiger partial charge >= 0.3 is 5.97 Å².